The van der Waals surface area contributed by atoms with Crippen LogP contribution in [0.4, 0.5) is 5.69 Å². The number of nitrogens with one attached hydrogen (secondary N) is 2. The van der Waals surface area contributed by atoms with E-state index in [4.69, 9.17) is 0 Å². The third-order valence-electron chi connectivity index (χ3n) is 2.86. The van der Waals surface area contributed by atoms with Crippen molar-refractivity contribution in [3.63, 3.8) is 0 Å². The number of anilines is 1. The molecule has 15 heavy (non-hydrogen) atoms. The summed E-state index contributed by atoms with van der Waals surface area (Å²) in [5.41, 5.74) is 3.21. The van der Waals surface area contributed by atoms with Gasteiger partial charge in [-0.1, -0.05) is 0 Å². The van der Waals surface area contributed by atoms with E-state index < -0.39 is 10.8 Å². The highest BCUT2D eigenvalue weighted by atomic mass is 32.2. The first-order valence-electron chi connectivity index (χ1n) is 5.30. The lowest BCUT2D eigenvalue weighted by molar-refractivity contribution is 0.623. The summed E-state index contributed by atoms with van der Waals surface area (Å²) in [6, 6.07) is 0.456. The largest absolute Gasteiger partial charge is 0.379 e. The fourth-order valence-corrected chi connectivity index (χ4v) is 3.20. The van der Waals surface area contributed by atoms with Crippen LogP contribution in [-0.2, 0) is 10.8 Å². The number of aromatic nitrogens is 2. The molecule has 0 radical (unpaired) electrons. The van der Waals surface area contributed by atoms with Crippen LogP contribution in [0.2, 0.25) is 0 Å². The molecule has 0 aromatic carbocycles. The lowest BCUT2D eigenvalue weighted by Crippen LogP contribution is -2.29. The van der Waals surface area contributed by atoms with Crippen molar-refractivity contribution < 1.29 is 4.21 Å². The highest BCUT2D eigenvalue weighted by Gasteiger charge is 2.19. The van der Waals surface area contributed by atoms with Gasteiger partial charge in [-0.15, -0.1) is 0 Å². The highest BCUT2D eigenvalue weighted by molar-refractivity contribution is 7.85. The Hall–Kier alpha value is -0.840. The second-order valence-corrected chi connectivity index (χ2v) is 5.77. The van der Waals surface area contributed by atoms with Gasteiger partial charge < -0.3 is 5.32 Å². The zero-order chi connectivity index (χ0) is 10.8. The molecule has 1 aliphatic rings. The van der Waals surface area contributed by atoms with Gasteiger partial charge in [0.2, 0.25) is 0 Å². The smallest absolute Gasteiger partial charge is 0.0825 e. The number of hydrogen-bond donors (Lipinski definition) is 2. The van der Waals surface area contributed by atoms with Crippen molar-refractivity contribution in [1.82, 2.24) is 10.2 Å². The first-order valence-corrected chi connectivity index (χ1v) is 6.78. The van der Waals surface area contributed by atoms with Crippen LogP contribution in [0.5, 0.6) is 0 Å². The van der Waals surface area contributed by atoms with Crippen LogP contribution < -0.4 is 5.32 Å². The molecule has 0 unspecified atom stereocenters. The molecule has 0 amide bonds. The van der Waals surface area contributed by atoms with Crippen LogP contribution in [0.25, 0.3) is 0 Å². The number of H-pyrrole nitrogens is 1. The second-order valence-electron chi connectivity index (χ2n) is 4.08. The quantitative estimate of drug-likeness (QED) is 0.802. The topological polar surface area (TPSA) is 57.8 Å². The predicted molar refractivity (Wildman–Crippen MR) is 62.6 cm³/mol. The van der Waals surface area contributed by atoms with E-state index in [0.717, 1.165) is 41.4 Å². The van der Waals surface area contributed by atoms with E-state index in [-0.39, 0.29) is 0 Å². The molecule has 1 saturated heterocycles. The first kappa shape index (κ1) is 10.7. The number of hydrogen-bond acceptors (Lipinski definition) is 3. The molecule has 2 N–H and O–H groups in total. The van der Waals surface area contributed by atoms with Crippen molar-refractivity contribution in [3.05, 3.63) is 11.4 Å². The molecule has 1 fully saturated rings. The van der Waals surface area contributed by atoms with Crippen molar-refractivity contribution in [2.24, 2.45) is 0 Å². The molecular weight excluding hydrogens is 210 g/mol. The van der Waals surface area contributed by atoms with Crippen molar-refractivity contribution >= 4 is 16.5 Å². The zero-order valence-electron chi connectivity index (χ0n) is 9.17. The van der Waals surface area contributed by atoms with E-state index in [1.54, 1.807) is 0 Å². The molecule has 4 nitrogen and oxygen atoms in total. The highest BCUT2D eigenvalue weighted by Crippen LogP contribution is 2.21. The second kappa shape index (κ2) is 4.35. The van der Waals surface area contributed by atoms with Crippen LogP contribution in [0.15, 0.2) is 0 Å². The van der Waals surface area contributed by atoms with Crippen molar-refractivity contribution in [3.8, 4) is 0 Å². The van der Waals surface area contributed by atoms with Crippen LogP contribution in [0.3, 0.4) is 0 Å². The summed E-state index contributed by atoms with van der Waals surface area (Å²) in [5.74, 6) is 1.65. The molecule has 0 atom stereocenters. The fraction of sp³-hybridized carbons (Fsp3) is 0.700. The molecule has 0 aliphatic carbocycles. The van der Waals surface area contributed by atoms with Crippen LogP contribution >= 0.6 is 0 Å². The molecule has 1 aliphatic heterocycles. The molecule has 84 valence electrons. The average molecular weight is 227 g/mol. The van der Waals surface area contributed by atoms with E-state index in [2.05, 4.69) is 15.5 Å². The summed E-state index contributed by atoms with van der Waals surface area (Å²) in [4.78, 5) is 0. The summed E-state index contributed by atoms with van der Waals surface area (Å²) >= 11 is 0. The third-order valence-corrected chi connectivity index (χ3v) is 4.25. The maximum Gasteiger partial charge on any atom is 0.0825 e. The van der Waals surface area contributed by atoms with Gasteiger partial charge in [-0.3, -0.25) is 9.31 Å². The summed E-state index contributed by atoms with van der Waals surface area (Å²) < 4.78 is 11.2. The van der Waals surface area contributed by atoms with Gasteiger partial charge in [0, 0.05) is 28.3 Å². The maximum absolute atomic E-state index is 11.2. The minimum atomic E-state index is -0.583. The summed E-state index contributed by atoms with van der Waals surface area (Å²) in [6.07, 6.45) is 1.99. The minimum absolute atomic E-state index is 0.456. The number of nitrogens with zero attached hydrogens (tertiary/aromatic N) is 1. The van der Waals surface area contributed by atoms with Crippen molar-refractivity contribution in [2.75, 3.05) is 16.8 Å². The SMILES string of the molecule is Cc1n[nH]c(C)c1NC1CCS(=O)CC1. The predicted octanol–water partition coefficient (Wildman–Crippen LogP) is 1.35. The van der Waals surface area contributed by atoms with Crippen LogP contribution in [0, 0.1) is 13.8 Å². The van der Waals surface area contributed by atoms with E-state index >= 15 is 0 Å². The Morgan fingerprint density at radius 2 is 2.07 bits per heavy atom. The Morgan fingerprint density at radius 3 is 2.60 bits per heavy atom. The Morgan fingerprint density at radius 1 is 1.40 bits per heavy atom. The number of rotatable bonds is 2. The minimum Gasteiger partial charge on any atom is -0.379 e. The molecular formula is C10H17N3OS. The molecule has 1 aromatic heterocycles. The summed E-state index contributed by atoms with van der Waals surface area (Å²) in [6.45, 7) is 4.01. The van der Waals surface area contributed by atoms with Crippen LogP contribution in [-0.4, -0.2) is 32.0 Å². The lowest BCUT2D eigenvalue weighted by atomic mass is 10.1. The summed E-state index contributed by atoms with van der Waals surface area (Å²) in [5, 5.41) is 10.6. The standard InChI is InChI=1S/C10H17N3OS/c1-7-10(8(2)13-12-7)11-9-3-5-15(14)6-4-9/h9,11H,3-6H2,1-2H3,(H,12,13). The maximum atomic E-state index is 11.2. The third kappa shape index (κ3) is 2.40. The van der Waals surface area contributed by atoms with Gasteiger partial charge in [-0.25, -0.2) is 0 Å². The molecule has 0 bridgehead atoms. The number of aromatic amines is 1. The zero-order valence-corrected chi connectivity index (χ0v) is 9.99. The molecule has 2 heterocycles. The average Bonchev–Trinajstić information content (AvgIpc) is 2.53. The first-order chi connectivity index (χ1) is 7.16. The monoisotopic (exact) mass is 227 g/mol. The Bertz CT molecular complexity index is 345. The van der Waals surface area contributed by atoms with E-state index in [9.17, 15) is 4.21 Å². The molecule has 0 spiro atoms. The summed E-state index contributed by atoms with van der Waals surface area (Å²) in [7, 11) is -0.583. The molecule has 2 rings (SSSR count). The van der Waals surface area contributed by atoms with Gasteiger partial charge in [-0.2, -0.15) is 5.10 Å². The number of aryl methyl sites for hydroxylation is 2. The molecule has 1 aromatic rings. The van der Waals surface area contributed by atoms with Gasteiger partial charge in [0.15, 0.2) is 0 Å². The Kier molecular flexibility index (Phi) is 3.09. The van der Waals surface area contributed by atoms with Gasteiger partial charge in [0.25, 0.3) is 0 Å². The van der Waals surface area contributed by atoms with E-state index in [1.807, 2.05) is 13.8 Å². The fourth-order valence-electron chi connectivity index (χ4n) is 1.91. The van der Waals surface area contributed by atoms with E-state index in [0.29, 0.717) is 6.04 Å². The Balaban J connectivity index is 2.00. The van der Waals surface area contributed by atoms with E-state index in [1.165, 1.54) is 0 Å². The van der Waals surface area contributed by atoms with Crippen molar-refractivity contribution in [2.45, 2.75) is 32.7 Å². The molecule has 0 saturated carbocycles. The molecule has 5 heteroatoms. The van der Waals surface area contributed by atoms with Gasteiger partial charge in [-0.05, 0) is 26.7 Å². The van der Waals surface area contributed by atoms with Crippen molar-refractivity contribution in [1.29, 1.82) is 0 Å². The normalized spacial score (nSPS) is 26.5. The van der Waals surface area contributed by atoms with Gasteiger partial charge in [0.1, 0.15) is 0 Å². The Labute approximate surface area is 92.3 Å². The van der Waals surface area contributed by atoms with Gasteiger partial charge >= 0.3 is 0 Å². The van der Waals surface area contributed by atoms with Gasteiger partial charge in [0.05, 0.1) is 17.1 Å². The van der Waals surface area contributed by atoms with Crippen LogP contribution in [0.1, 0.15) is 24.2 Å². The lowest BCUT2D eigenvalue weighted by Gasteiger charge is -2.23.